The fourth-order valence-electron chi connectivity index (χ4n) is 3.63. The summed E-state index contributed by atoms with van der Waals surface area (Å²) in [6, 6.07) is 25.7. The summed E-state index contributed by atoms with van der Waals surface area (Å²) in [7, 11) is 0. The summed E-state index contributed by atoms with van der Waals surface area (Å²) in [5.41, 5.74) is 2.67. The lowest BCUT2D eigenvalue weighted by atomic mass is 9.90. The summed E-state index contributed by atoms with van der Waals surface area (Å²) in [5.74, 6) is -0.0547. The molecule has 4 aromatic rings. The molecule has 4 rings (SSSR count). The zero-order chi connectivity index (χ0) is 22.3. The third-order valence-corrected chi connectivity index (χ3v) is 5.77. The van der Waals surface area contributed by atoms with E-state index in [2.05, 4.69) is 15.5 Å². The number of rotatable bonds is 8. The van der Waals surface area contributed by atoms with Gasteiger partial charge in [0.25, 0.3) is 0 Å². The van der Waals surface area contributed by atoms with E-state index in [-0.39, 0.29) is 11.7 Å². The van der Waals surface area contributed by atoms with Crippen molar-refractivity contribution >= 4 is 17.7 Å². The molecule has 0 unspecified atom stereocenters. The number of halogens is 1. The van der Waals surface area contributed by atoms with Crippen LogP contribution in [0.15, 0.2) is 90.1 Å². The van der Waals surface area contributed by atoms with Crippen LogP contribution in [0.5, 0.6) is 0 Å². The number of hydrogen-bond donors (Lipinski definition) is 1. The molecule has 1 N–H and O–H groups in total. The fourth-order valence-corrected chi connectivity index (χ4v) is 4.15. The Hall–Kier alpha value is -3.45. The van der Waals surface area contributed by atoms with Gasteiger partial charge >= 0.3 is 0 Å². The second-order valence-electron chi connectivity index (χ2n) is 7.21. The highest BCUT2D eigenvalue weighted by Crippen LogP contribution is 2.25. The molecule has 162 valence electrons. The highest BCUT2D eigenvalue weighted by atomic mass is 32.2. The van der Waals surface area contributed by atoms with Crippen molar-refractivity contribution in [2.24, 2.45) is 0 Å². The summed E-state index contributed by atoms with van der Waals surface area (Å²) in [6.45, 7) is 0.405. The van der Waals surface area contributed by atoms with E-state index in [1.165, 1.54) is 23.9 Å². The Bertz CT molecular complexity index is 1120. The molecule has 0 radical (unpaired) electrons. The van der Waals surface area contributed by atoms with Gasteiger partial charge < -0.3 is 5.32 Å². The number of carbonyl (C=O) groups excluding carboxylic acids is 1. The minimum atomic E-state index is -0.394. The Kier molecular flexibility index (Phi) is 6.97. The molecule has 1 aromatic heterocycles. The molecule has 32 heavy (non-hydrogen) atoms. The SMILES string of the molecule is CSc1nnc(CCNC(=O)C(c2ccccc2)c2ccccc2)n1-c1ccc(F)cc1. The third-order valence-electron chi connectivity index (χ3n) is 5.14. The van der Waals surface area contributed by atoms with E-state index >= 15 is 0 Å². The normalized spacial score (nSPS) is 11.0. The Morgan fingerprint density at radius 2 is 1.53 bits per heavy atom. The van der Waals surface area contributed by atoms with Crippen LogP contribution in [0.3, 0.4) is 0 Å². The molecule has 0 atom stereocenters. The Labute approximate surface area is 190 Å². The van der Waals surface area contributed by atoms with Crippen LogP contribution < -0.4 is 5.32 Å². The van der Waals surface area contributed by atoms with Crippen molar-refractivity contribution in [2.75, 3.05) is 12.8 Å². The van der Waals surface area contributed by atoms with E-state index in [4.69, 9.17) is 0 Å². The number of carbonyl (C=O) groups is 1. The van der Waals surface area contributed by atoms with E-state index in [0.717, 1.165) is 16.8 Å². The van der Waals surface area contributed by atoms with Gasteiger partial charge in [-0.3, -0.25) is 9.36 Å². The summed E-state index contributed by atoms with van der Waals surface area (Å²) >= 11 is 1.46. The van der Waals surface area contributed by atoms with Crippen molar-refractivity contribution in [1.29, 1.82) is 0 Å². The highest BCUT2D eigenvalue weighted by molar-refractivity contribution is 7.98. The minimum absolute atomic E-state index is 0.0691. The molecular weight excluding hydrogens is 423 g/mol. The van der Waals surface area contributed by atoms with Crippen molar-refractivity contribution in [3.8, 4) is 5.69 Å². The van der Waals surface area contributed by atoms with Crippen molar-refractivity contribution in [2.45, 2.75) is 17.5 Å². The molecule has 1 heterocycles. The zero-order valence-corrected chi connectivity index (χ0v) is 18.4. The maximum atomic E-state index is 13.4. The van der Waals surface area contributed by atoms with Gasteiger partial charge in [-0.1, -0.05) is 72.4 Å². The first-order chi connectivity index (χ1) is 15.7. The van der Waals surface area contributed by atoms with E-state index in [1.54, 1.807) is 12.1 Å². The van der Waals surface area contributed by atoms with E-state index in [0.29, 0.717) is 23.9 Å². The molecule has 3 aromatic carbocycles. The Morgan fingerprint density at radius 3 is 2.09 bits per heavy atom. The second-order valence-corrected chi connectivity index (χ2v) is 7.98. The highest BCUT2D eigenvalue weighted by Gasteiger charge is 2.22. The van der Waals surface area contributed by atoms with Gasteiger partial charge in [0, 0.05) is 18.7 Å². The van der Waals surface area contributed by atoms with Crippen LogP contribution >= 0.6 is 11.8 Å². The lowest BCUT2D eigenvalue weighted by molar-refractivity contribution is -0.121. The molecule has 1 amide bonds. The van der Waals surface area contributed by atoms with Gasteiger partial charge in [-0.25, -0.2) is 4.39 Å². The van der Waals surface area contributed by atoms with Gasteiger partial charge in [-0.15, -0.1) is 10.2 Å². The maximum Gasteiger partial charge on any atom is 0.232 e. The number of hydrogen-bond acceptors (Lipinski definition) is 4. The van der Waals surface area contributed by atoms with E-state index < -0.39 is 5.92 Å². The predicted molar refractivity (Wildman–Crippen MR) is 125 cm³/mol. The average Bonchev–Trinajstić information content (AvgIpc) is 3.24. The quantitative estimate of drug-likeness (QED) is 0.401. The van der Waals surface area contributed by atoms with Gasteiger partial charge in [-0.05, 0) is 41.6 Å². The van der Waals surface area contributed by atoms with Gasteiger partial charge in [0.05, 0.1) is 5.92 Å². The smallest absolute Gasteiger partial charge is 0.232 e. The van der Waals surface area contributed by atoms with Crippen molar-refractivity contribution in [3.63, 3.8) is 0 Å². The molecule has 0 fully saturated rings. The van der Waals surface area contributed by atoms with Crippen LogP contribution in [0, 0.1) is 5.82 Å². The van der Waals surface area contributed by atoms with Crippen LogP contribution in [0.25, 0.3) is 5.69 Å². The summed E-state index contributed by atoms with van der Waals surface area (Å²) in [4.78, 5) is 13.2. The second kappa shape index (κ2) is 10.2. The Balaban J connectivity index is 1.51. The summed E-state index contributed by atoms with van der Waals surface area (Å²) in [6.07, 6.45) is 2.41. The van der Waals surface area contributed by atoms with E-state index in [1.807, 2.05) is 71.5 Å². The van der Waals surface area contributed by atoms with Crippen molar-refractivity contribution in [1.82, 2.24) is 20.1 Å². The lowest BCUT2D eigenvalue weighted by Crippen LogP contribution is -2.32. The van der Waals surface area contributed by atoms with Gasteiger partial charge in [0.2, 0.25) is 5.91 Å². The molecule has 0 aliphatic rings. The largest absolute Gasteiger partial charge is 0.355 e. The van der Waals surface area contributed by atoms with Gasteiger partial charge in [0.15, 0.2) is 5.16 Å². The maximum absolute atomic E-state index is 13.4. The van der Waals surface area contributed by atoms with Crippen LogP contribution in [0.1, 0.15) is 22.9 Å². The number of aromatic nitrogens is 3. The third kappa shape index (κ3) is 4.89. The first kappa shape index (κ1) is 21.8. The fraction of sp³-hybridized carbons (Fsp3) is 0.160. The standard InChI is InChI=1S/C25H23FN4OS/c1-32-25-29-28-22(30(25)21-14-12-20(26)13-15-21)16-17-27-24(31)23(18-8-4-2-5-9-18)19-10-6-3-7-11-19/h2-15,23H,16-17H2,1H3,(H,27,31). The first-order valence-corrected chi connectivity index (χ1v) is 11.5. The average molecular weight is 447 g/mol. The monoisotopic (exact) mass is 446 g/mol. The molecule has 0 saturated heterocycles. The minimum Gasteiger partial charge on any atom is -0.355 e. The summed E-state index contributed by atoms with van der Waals surface area (Å²) < 4.78 is 15.3. The topological polar surface area (TPSA) is 59.8 Å². The number of benzene rings is 3. The van der Waals surface area contributed by atoms with Crippen LogP contribution in [-0.4, -0.2) is 33.5 Å². The number of thioether (sulfide) groups is 1. The lowest BCUT2D eigenvalue weighted by Gasteiger charge is -2.18. The van der Waals surface area contributed by atoms with Gasteiger partial charge in [-0.2, -0.15) is 0 Å². The summed E-state index contributed by atoms with van der Waals surface area (Å²) in [5, 5.41) is 12.3. The molecule has 0 aliphatic heterocycles. The first-order valence-electron chi connectivity index (χ1n) is 10.3. The van der Waals surface area contributed by atoms with Crippen LogP contribution in [0.4, 0.5) is 4.39 Å². The van der Waals surface area contributed by atoms with Gasteiger partial charge in [0.1, 0.15) is 11.6 Å². The van der Waals surface area contributed by atoms with Crippen molar-refractivity contribution in [3.05, 3.63) is 108 Å². The Morgan fingerprint density at radius 1 is 0.938 bits per heavy atom. The number of amides is 1. The number of nitrogens with zero attached hydrogens (tertiary/aromatic N) is 3. The molecule has 5 nitrogen and oxygen atoms in total. The van der Waals surface area contributed by atoms with Crippen molar-refractivity contribution < 1.29 is 9.18 Å². The molecule has 7 heteroatoms. The van der Waals surface area contributed by atoms with Crippen LogP contribution in [-0.2, 0) is 11.2 Å². The van der Waals surface area contributed by atoms with Crippen LogP contribution in [0.2, 0.25) is 0 Å². The molecule has 0 aliphatic carbocycles. The molecular formula is C25H23FN4OS. The predicted octanol–water partition coefficient (Wildman–Crippen LogP) is 4.62. The zero-order valence-electron chi connectivity index (χ0n) is 17.6. The number of nitrogens with one attached hydrogen (secondary N) is 1. The molecule has 0 saturated carbocycles. The molecule has 0 spiro atoms. The molecule has 0 bridgehead atoms. The van der Waals surface area contributed by atoms with E-state index in [9.17, 15) is 9.18 Å².